The van der Waals surface area contributed by atoms with Crippen molar-refractivity contribution in [1.82, 2.24) is 10.1 Å². The molecule has 2 rings (SSSR count). The summed E-state index contributed by atoms with van der Waals surface area (Å²) in [5.74, 6) is -0.415. The van der Waals surface area contributed by atoms with Crippen LogP contribution in [0.2, 0.25) is 0 Å². The number of carboxylic acids is 1. The second kappa shape index (κ2) is 6.00. The van der Waals surface area contributed by atoms with Crippen LogP contribution in [0.3, 0.4) is 0 Å². The summed E-state index contributed by atoms with van der Waals surface area (Å²) in [6.07, 6.45) is 7.66. The fourth-order valence-corrected chi connectivity index (χ4v) is 2.56. The fourth-order valence-electron chi connectivity index (χ4n) is 2.56. The maximum Gasteiger partial charge on any atom is 0.358 e. The minimum absolute atomic E-state index is 0.0146. The monoisotopic (exact) mass is 252 g/mol. The lowest BCUT2D eigenvalue weighted by Crippen LogP contribution is -2.30. The lowest BCUT2D eigenvalue weighted by atomic mass is 10.1. The van der Waals surface area contributed by atoms with Gasteiger partial charge in [0, 0.05) is 12.1 Å². The van der Waals surface area contributed by atoms with E-state index in [4.69, 9.17) is 9.63 Å². The molecular weight excluding hydrogens is 232 g/mol. The molecule has 5 heteroatoms. The molecule has 0 unspecified atom stereocenters. The zero-order valence-electron chi connectivity index (χ0n) is 10.8. The molecule has 0 saturated heterocycles. The predicted molar refractivity (Wildman–Crippen MR) is 66.4 cm³/mol. The van der Waals surface area contributed by atoms with Crippen LogP contribution in [0.5, 0.6) is 0 Å². The van der Waals surface area contributed by atoms with Gasteiger partial charge in [0.2, 0.25) is 0 Å². The molecule has 5 nitrogen and oxygen atoms in total. The normalized spacial score (nSPS) is 17.9. The second-order valence-corrected chi connectivity index (χ2v) is 5.04. The van der Waals surface area contributed by atoms with Crippen LogP contribution in [-0.2, 0) is 6.54 Å². The molecule has 0 amide bonds. The van der Waals surface area contributed by atoms with Crippen molar-refractivity contribution in [3.05, 3.63) is 17.5 Å². The van der Waals surface area contributed by atoms with Gasteiger partial charge in [-0.3, -0.25) is 4.90 Å². The first-order valence-corrected chi connectivity index (χ1v) is 6.56. The van der Waals surface area contributed by atoms with Crippen LogP contribution in [-0.4, -0.2) is 34.2 Å². The first kappa shape index (κ1) is 13.1. The Morgan fingerprint density at radius 3 is 2.67 bits per heavy atom. The smallest absolute Gasteiger partial charge is 0.358 e. The predicted octanol–water partition coefficient (Wildman–Crippen LogP) is 2.53. The Labute approximate surface area is 107 Å². The van der Waals surface area contributed by atoms with Gasteiger partial charge in [-0.05, 0) is 19.9 Å². The Hall–Kier alpha value is -1.36. The summed E-state index contributed by atoms with van der Waals surface area (Å²) in [5.41, 5.74) is -0.0146. The van der Waals surface area contributed by atoms with Crippen molar-refractivity contribution >= 4 is 5.97 Å². The molecule has 0 bridgehead atoms. The van der Waals surface area contributed by atoms with Gasteiger partial charge < -0.3 is 9.63 Å². The third-order valence-corrected chi connectivity index (χ3v) is 3.63. The number of rotatable bonds is 4. The highest BCUT2D eigenvalue weighted by Crippen LogP contribution is 2.22. The molecule has 100 valence electrons. The quantitative estimate of drug-likeness (QED) is 0.834. The number of nitrogens with zero attached hydrogens (tertiary/aromatic N) is 2. The Morgan fingerprint density at radius 1 is 1.44 bits per heavy atom. The molecule has 1 aliphatic carbocycles. The van der Waals surface area contributed by atoms with E-state index < -0.39 is 5.97 Å². The summed E-state index contributed by atoms with van der Waals surface area (Å²) in [7, 11) is 2.07. The lowest BCUT2D eigenvalue weighted by Gasteiger charge is -2.25. The second-order valence-electron chi connectivity index (χ2n) is 5.04. The van der Waals surface area contributed by atoms with Gasteiger partial charge >= 0.3 is 5.97 Å². The SMILES string of the molecule is CN(Cc1cc(C(=O)O)no1)C1CCCCCC1. The molecule has 0 atom stereocenters. The van der Waals surface area contributed by atoms with E-state index in [2.05, 4.69) is 17.1 Å². The van der Waals surface area contributed by atoms with Crippen LogP contribution in [0.1, 0.15) is 54.8 Å². The molecular formula is C13H20N2O3. The number of carbonyl (C=O) groups is 1. The Morgan fingerprint density at radius 2 is 2.11 bits per heavy atom. The van der Waals surface area contributed by atoms with E-state index in [-0.39, 0.29) is 5.69 Å². The largest absolute Gasteiger partial charge is 0.476 e. The van der Waals surface area contributed by atoms with Crippen LogP contribution in [0.15, 0.2) is 10.6 Å². The average Bonchev–Trinajstić information content (AvgIpc) is 2.64. The molecule has 1 aromatic heterocycles. The molecule has 18 heavy (non-hydrogen) atoms. The summed E-state index contributed by atoms with van der Waals surface area (Å²) in [6.45, 7) is 0.630. The Kier molecular flexibility index (Phi) is 4.36. The molecule has 1 N–H and O–H groups in total. The highest BCUT2D eigenvalue weighted by molar-refractivity contribution is 5.85. The van der Waals surface area contributed by atoms with Crippen molar-refractivity contribution < 1.29 is 14.4 Å². The topological polar surface area (TPSA) is 66.6 Å². The summed E-state index contributed by atoms with van der Waals surface area (Å²) in [6, 6.07) is 2.08. The number of hydrogen-bond donors (Lipinski definition) is 1. The first-order valence-electron chi connectivity index (χ1n) is 6.56. The molecule has 1 aliphatic rings. The summed E-state index contributed by atoms with van der Waals surface area (Å²) in [4.78, 5) is 13.0. The van der Waals surface area contributed by atoms with Crippen LogP contribution in [0.25, 0.3) is 0 Å². The van der Waals surface area contributed by atoms with Gasteiger partial charge in [-0.2, -0.15) is 0 Å². The number of hydrogen-bond acceptors (Lipinski definition) is 4. The van der Waals surface area contributed by atoms with E-state index in [1.165, 1.54) is 44.6 Å². The zero-order chi connectivity index (χ0) is 13.0. The van der Waals surface area contributed by atoms with E-state index >= 15 is 0 Å². The molecule has 0 aromatic carbocycles. The van der Waals surface area contributed by atoms with Crippen molar-refractivity contribution in [3.63, 3.8) is 0 Å². The highest BCUT2D eigenvalue weighted by atomic mass is 16.5. The van der Waals surface area contributed by atoms with Crippen molar-refractivity contribution in [3.8, 4) is 0 Å². The maximum atomic E-state index is 10.7. The third-order valence-electron chi connectivity index (χ3n) is 3.63. The van der Waals surface area contributed by atoms with Crippen molar-refractivity contribution in [2.75, 3.05) is 7.05 Å². The van der Waals surface area contributed by atoms with Crippen molar-refractivity contribution in [2.24, 2.45) is 0 Å². The van der Waals surface area contributed by atoms with Gasteiger partial charge in [-0.15, -0.1) is 0 Å². The molecule has 1 fully saturated rings. The van der Waals surface area contributed by atoms with E-state index in [1.54, 1.807) is 0 Å². The Balaban J connectivity index is 1.92. The van der Waals surface area contributed by atoms with Gasteiger partial charge in [0.25, 0.3) is 0 Å². The number of aromatic nitrogens is 1. The minimum Gasteiger partial charge on any atom is -0.476 e. The van der Waals surface area contributed by atoms with Gasteiger partial charge in [0.1, 0.15) is 0 Å². The van der Waals surface area contributed by atoms with Crippen molar-refractivity contribution in [1.29, 1.82) is 0 Å². The van der Waals surface area contributed by atoms with E-state index in [1.807, 2.05) is 0 Å². The molecule has 0 radical (unpaired) electrons. The van der Waals surface area contributed by atoms with Gasteiger partial charge in [-0.25, -0.2) is 4.79 Å². The van der Waals surface area contributed by atoms with Crippen molar-refractivity contribution in [2.45, 2.75) is 51.1 Å². The molecule has 1 aromatic rings. The fraction of sp³-hybridized carbons (Fsp3) is 0.692. The maximum absolute atomic E-state index is 10.7. The van der Waals surface area contributed by atoms with E-state index in [9.17, 15) is 4.79 Å². The van der Waals surface area contributed by atoms with Crippen LogP contribution in [0, 0.1) is 0 Å². The van der Waals surface area contributed by atoms with Crippen LogP contribution >= 0.6 is 0 Å². The van der Waals surface area contributed by atoms with Gasteiger partial charge in [-0.1, -0.05) is 30.8 Å². The highest BCUT2D eigenvalue weighted by Gasteiger charge is 2.19. The van der Waals surface area contributed by atoms with Gasteiger partial charge in [0.05, 0.1) is 6.54 Å². The standard InChI is InChI=1S/C13H20N2O3/c1-15(10-6-4-2-3-5-7-10)9-11-8-12(13(16)17)14-18-11/h8,10H,2-7,9H2,1H3,(H,16,17). The Bertz CT molecular complexity index is 395. The molecule has 0 spiro atoms. The molecule has 1 saturated carbocycles. The zero-order valence-corrected chi connectivity index (χ0v) is 10.8. The summed E-state index contributed by atoms with van der Waals surface area (Å²) >= 11 is 0. The number of aromatic carboxylic acids is 1. The third kappa shape index (κ3) is 3.32. The van der Waals surface area contributed by atoms with Crippen LogP contribution in [0.4, 0.5) is 0 Å². The molecule has 1 heterocycles. The molecule has 0 aliphatic heterocycles. The van der Waals surface area contributed by atoms with Gasteiger partial charge in [0.15, 0.2) is 11.5 Å². The minimum atomic E-state index is -1.04. The van der Waals surface area contributed by atoms with E-state index in [0.717, 1.165) is 0 Å². The summed E-state index contributed by atoms with van der Waals surface area (Å²) in [5, 5.41) is 12.3. The summed E-state index contributed by atoms with van der Waals surface area (Å²) < 4.78 is 5.05. The van der Waals surface area contributed by atoms with Crippen LogP contribution < -0.4 is 0 Å². The average molecular weight is 252 g/mol. The lowest BCUT2D eigenvalue weighted by molar-refractivity contribution is 0.0685. The van der Waals surface area contributed by atoms with E-state index in [0.29, 0.717) is 18.3 Å². The number of carboxylic acid groups (broad SMARTS) is 1. The first-order chi connectivity index (χ1) is 8.66.